The van der Waals surface area contributed by atoms with Crippen LogP contribution in [0.25, 0.3) is 10.9 Å². The van der Waals surface area contributed by atoms with Crippen LogP contribution in [0.5, 0.6) is 11.5 Å². The zero-order valence-electron chi connectivity index (χ0n) is 17.3. The van der Waals surface area contributed by atoms with Crippen molar-refractivity contribution in [1.82, 2.24) is 14.8 Å². The third kappa shape index (κ3) is 4.14. The number of nitrogens with zero attached hydrogens (tertiary/aromatic N) is 3. The highest BCUT2D eigenvalue weighted by atomic mass is 35.5. The van der Waals surface area contributed by atoms with Gasteiger partial charge < -0.3 is 19.3 Å². The van der Waals surface area contributed by atoms with Crippen LogP contribution in [0, 0.1) is 0 Å². The standard InChI is InChI=1S/C23H22ClN3O4/c1-30-17-5-6-18(20(14-17)31-2)22(28)26-8-10-27(11-9-26)23(29)19-13-16(24)12-15-4-3-7-25-21(15)19/h3-7,12-14H,8-11H2,1-2H3. The van der Waals surface area contributed by atoms with Crippen LogP contribution in [0.15, 0.2) is 48.7 Å². The molecule has 0 bridgehead atoms. The molecule has 1 aliphatic rings. The number of methoxy groups -OCH3 is 2. The minimum Gasteiger partial charge on any atom is -0.497 e. The van der Waals surface area contributed by atoms with E-state index in [1.165, 1.54) is 7.11 Å². The van der Waals surface area contributed by atoms with Gasteiger partial charge in [0, 0.05) is 48.9 Å². The summed E-state index contributed by atoms with van der Waals surface area (Å²) >= 11 is 6.22. The average molecular weight is 440 g/mol. The van der Waals surface area contributed by atoms with E-state index in [0.717, 1.165) is 5.39 Å². The number of amides is 2. The van der Waals surface area contributed by atoms with Gasteiger partial charge in [-0.3, -0.25) is 14.6 Å². The zero-order chi connectivity index (χ0) is 22.0. The van der Waals surface area contributed by atoms with Crippen LogP contribution < -0.4 is 9.47 Å². The zero-order valence-corrected chi connectivity index (χ0v) is 18.1. The molecule has 7 nitrogen and oxygen atoms in total. The number of benzene rings is 2. The van der Waals surface area contributed by atoms with Crippen molar-refractivity contribution < 1.29 is 19.1 Å². The number of rotatable bonds is 4. The molecule has 1 fully saturated rings. The van der Waals surface area contributed by atoms with Crippen LogP contribution in [0.4, 0.5) is 0 Å². The smallest absolute Gasteiger partial charge is 0.257 e. The summed E-state index contributed by atoms with van der Waals surface area (Å²) < 4.78 is 10.6. The van der Waals surface area contributed by atoms with Crippen molar-refractivity contribution in [2.45, 2.75) is 0 Å². The fraction of sp³-hybridized carbons (Fsp3) is 0.261. The molecule has 0 unspecified atom stereocenters. The number of hydrogen-bond donors (Lipinski definition) is 0. The van der Waals surface area contributed by atoms with Crippen LogP contribution in [0.3, 0.4) is 0 Å². The SMILES string of the molecule is COc1ccc(C(=O)N2CCN(C(=O)c3cc(Cl)cc4cccnc34)CC2)c(OC)c1. The first-order chi connectivity index (χ1) is 15.0. The lowest BCUT2D eigenvalue weighted by Crippen LogP contribution is -2.50. The van der Waals surface area contributed by atoms with E-state index in [1.807, 2.05) is 12.1 Å². The van der Waals surface area contributed by atoms with Crippen LogP contribution in [0.2, 0.25) is 5.02 Å². The van der Waals surface area contributed by atoms with Crippen molar-refractivity contribution in [3.63, 3.8) is 0 Å². The predicted octanol–water partition coefficient (Wildman–Crippen LogP) is 3.50. The highest BCUT2D eigenvalue weighted by Crippen LogP contribution is 2.27. The van der Waals surface area contributed by atoms with Gasteiger partial charge in [0.05, 0.1) is 30.9 Å². The first-order valence-electron chi connectivity index (χ1n) is 9.86. The van der Waals surface area contributed by atoms with Gasteiger partial charge in [-0.25, -0.2) is 0 Å². The van der Waals surface area contributed by atoms with Gasteiger partial charge in [0.2, 0.25) is 0 Å². The Morgan fingerprint density at radius 2 is 1.58 bits per heavy atom. The van der Waals surface area contributed by atoms with E-state index in [4.69, 9.17) is 21.1 Å². The largest absolute Gasteiger partial charge is 0.497 e. The maximum atomic E-state index is 13.2. The molecule has 0 atom stereocenters. The molecule has 2 aromatic carbocycles. The molecule has 0 N–H and O–H groups in total. The summed E-state index contributed by atoms with van der Waals surface area (Å²) in [5.74, 6) is 0.798. The number of carbonyl (C=O) groups is 2. The number of halogens is 1. The monoisotopic (exact) mass is 439 g/mol. The second kappa shape index (κ2) is 8.81. The normalized spacial score (nSPS) is 13.9. The van der Waals surface area contributed by atoms with Gasteiger partial charge in [0.25, 0.3) is 11.8 Å². The van der Waals surface area contributed by atoms with E-state index < -0.39 is 0 Å². The number of fused-ring (bicyclic) bond motifs is 1. The highest BCUT2D eigenvalue weighted by molar-refractivity contribution is 6.32. The summed E-state index contributed by atoms with van der Waals surface area (Å²) in [5, 5.41) is 1.31. The highest BCUT2D eigenvalue weighted by Gasteiger charge is 2.28. The van der Waals surface area contributed by atoms with E-state index in [9.17, 15) is 9.59 Å². The molecule has 4 rings (SSSR count). The third-order valence-electron chi connectivity index (χ3n) is 5.39. The van der Waals surface area contributed by atoms with Gasteiger partial charge >= 0.3 is 0 Å². The quantitative estimate of drug-likeness (QED) is 0.622. The van der Waals surface area contributed by atoms with Crippen LogP contribution >= 0.6 is 11.6 Å². The van der Waals surface area contributed by atoms with Gasteiger partial charge in [0.1, 0.15) is 11.5 Å². The fourth-order valence-electron chi connectivity index (χ4n) is 3.75. The Hall–Kier alpha value is -3.32. The molecule has 1 saturated heterocycles. The van der Waals surface area contributed by atoms with Crippen LogP contribution in [0.1, 0.15) is 20.7 Å². The molecule has 0 radical (unpaired) electrons. The molecule has 0 saturated carbocycles. The summed E-state index contributed by atoms with van der Waals surface area (Å²) in [7, 11) is 3.08. The van der Waals surface area contributed by atoms with E-state index in [0.29, 0.717) is 59.3 Å². The Morgan fingerprint density at radius 3 is 2.23 bits per heavy atom. The van der Waals surface area contributed by atoms with Gasteiger partial charge in [-0.2, -0.15) is 0 Å². The van der Waals surface area contributed by atoms with E-state index >= 15 is 0 Å². The van der Waals surface area contributed by atoms with Crippen molar-refractivity contribution in [2.75, 3.05) is 40.4 Å². The Morgan fingerprint density at radius 1 is 0.903 bits per heavy atom. The maximum absolute atomic E-state index is 13.2. The molecule has 31 heavy (non-hydrogen) atoms. The summed E-state index contributed by atoms with van der Waals surface area (Å²) in [6, 6.07) is 12.2. The van der Waals surface area contributed by atoms with E-state index in [1.54, 1.807) is 53.4 Å². The summed E-state index contributed by atoms with van der Waals surface area (Å²) in [4.78, 5) is 34.0. The van der Waals surface area contributed by atoms with Crippen LogP contribution in [-0.2, 0) is 0 Å². The number of pyridine rings is 1. The van der Waals surface area contributed by atoms with Crippen molar-refractivity contribution >= 4 is 34.3 Å². The van der Waals surface area contributed by atoms with Gasteiger partial charge in [-0.1, -0.05) is 17.7 Å². The Bertz CT molecular complexity index is 1140. The van der Waals surface area contributed by atoms with Gasteiger partial charge in [0.15, 0.2) is 0 Å². The summed E-state index contributed by atoms with van der Waals surface area (Å²) in [6.45, 7) is 1.69. The minimum atomic E-state index is -0.139. The molecule has 1 aliphatic heterocycles. The number of aromatic nitrogens is 1. The van der Waals surface area contributed by atoms with Crippen molar-refractivity contribution in [1.29, 1.82) is 0 Å². The lowest BCUT2D eigenvalue weighted by atomic mass is 10.1. The Labute approximate surface area is 185 Å². The molecular formula is C23H22ClN3O4. The van der Waals surface area contributed by atoms with Crippen molar-refractivity contribution in [3.8, 4) is 11.5 Å². The van der Waals surface area contributed by atoms with Crippen LogP contribution in [-0.4, -0.2) is 67.0 Å². The third-order valence-corrected chi connectivity index (χ3v) is 5.61. The Kier molecular flexibility index (Phi) is 5.95. The minimum absolute atomic E-state index is 0.138. The lowest BCUT2D eigenvalue weighted by molar-refractivity contribution is 0.0534. The number of carbonyl (C=O) groups excluding carboxylic acids is 2. The molecule has 160 valence electrons. The van der Waals surface area contributed by atoms with E-state index in [2.05, 4.69) is 4.98 Å². The molecular weight excluding hydrogens is 418 g/mol. The number of piperazine rings is 1. The lowest BCUT2D eigenvalue weighted by Gasteiger charge is -2.35. The van der Waals surface area contributed by atoms with Gasteiger partial charge in [-0.15, -0.1) is 0 Å². The predicted molar refractivity (Wildman–Crippen MR) is 118 cm³/mol. The first-order valence-corrected chi connectivity index (χ1v) is 10.2. The van der Waals surface area contributed by atoms with Crippen molar-refractivity contribution in [3.05, 3.63) is 64.8 Å². The fourth-order valence-corrected chi connectivity index (χ4v) is 3.97. The second-order valence-electron chi connectivity index (χ2n) is 7.18. The number of hydrogen-bond acceptors (Lipinski definition) is 5. The van der Waals surface area contributed by atoms with E-state index in [-0.39, 0.29) is 11.8 Å². The molecule has 2 heterocycles. The summed E-state index contributed by atoms with van der Waals surface area (Å²) in [6.07, 6.45) is 1.66. The Balaban J connectivity index is 1.49. The molecule has 8 heteroatoms. The van der Waals surface area contributed by atoms with Gasteiger partial charge in [-0.05, 0) is 30.3 Å². The average Bonchev–Trinajstić information content (AvgIpc) is 2.82. The second-order valence-corrected chi connectivity index (χ2v) is 7.62. The molecule has 0 aliphatic carbocycles. The first kappa shape index (κ1) is 20.9. The maximum Gasteiger partial charge on any atom is 0.257 e. The molecule has 3 aromatic rings. The summed E-state index contributed by atoms with van der Waals surface area (Å²) in [5.41, 5.74) is 1.56. The molecule has 1 aromatic heterocycles. The topological polar surface area (TPSA) is 72.0 Å². The molecule has 0 spiro atoms. The molecule has 2 amide bonds. The number of ether oxygens (including phenoxy) is 2. The van der Waals surface area contributed by atoms with Crippen molar-refractivity contribution in [2.24, 2.45) is 0 Å².